The van der Waals surface area contributed by atoms with Crippen molar-refractivity contribution in [3.8, 4) is 11.1 Å². The largest absolute Gasteiger partial charge is 0.399 e. The fourth-order valence-electron chi connectivity index (χ4n) is 3.07. The van der Waals surface area contributed by atoms with Gasteiger partial charge in [-0.1, -0.05) is 35.9 Å². The van der Waals surface area contributed by atoms with Crippen molar-refractivity contribution in [3.63, 3.8) is 0 Å². The van der Waals surface area contributed by atoms with Gasteiger partial charge in [-0.3, -0.25) is 10.1 Å². The summed E-state index contributed by atoms with van der Waals surface area (Å²) in [6.45, 7) is 1.95. The molecule has 0 amide bonds. The van der Waals surface area contributed by atoms with E-state index >= 15 is 0 Å². The van der Waals surface area contributed by atoms with Crippen LogP contribution in [0.15, 0.2) is 72.1 Å². The number of halogens is 1. The van der Waals surface area contributed by atoms with E-state index in [4.69, 9.17) is 17.3 Å². The number of rotatable bonds is 7. The molecule has 3 aromatic rings. The van der Waals surface area contributed by atoms with Gasteiger partial charge in [0.2, 0.25) is 0 Å². The van der Waals surface area contributed by atoms with Crippen LogP contribution in [-0.2, 0) is 12.8 Å². The quantitative estimate of drug-likeness (QED) is 0.434. The van der Waals surface area contributed by atoms with Crippen molar-refractivity contribution in [2.24, 2.45) is 0 Å². The third-order valence-corrected chi connectivity index (χ3v) is 4.54. The van der Waals surface area contributed by atoms with Crippen LogP contribution in [0, 0.1) is 0 Å². The first kappa shape index (κ1) is 18.9. The van der Waals surface area contributed by atoms with Gasteiger partial charge in [-0.2, -0.15) is 5.10 Å². The first-order chi connectivity index (χ1) is 13.2. The number of benzene rings is 1. The second-order valence-corrected chi connectivity index (χ2v) is 6.75. The number of nitrogens with one attached hydrogen (secondary N) is 1. The Labute approximate surface area is 164 Å². The minimum Gasteiger partial charge on any atom is -0.399 e. The first-order valence-corrected chi connectivity index (χ1v) is 9.34. The fraction of sp³-hybridized carbons (Fsp3) is 0.182. The van der Waals surface area contributed by atoms with Crippen LogP contribution in [0.4, 0.5) is 5.69 Å². The van der Waals surface area contributed by atoms with E-state index in [0.29, 0.717) is 0 Å². The summed E-state index contributed by atoms with van der Waals surface area (Å²) in [5.74, 6) is 0. The van der Waals surface area contributed by atoms with E-state index in [0.717, 1.165) is 58.1 Å². The third kappa shape index (κ3) is 5.08. The molecular formula is C22H23ClN4. The van der Waals surface area contributed by atoms with Gasteiger partial charge < -0.3 is 5.73 Å². The minimum atomic E-state index is 0.741. The molecule has 0 aliphatic carbocycles. The summed E-state index contributed by atoms with van der Waals surface area (Å²) in [6.07, 6.45) is 11.8. The van der Waals surface area contributed by atoms with Gasteiger partial charge in [0.25, 0.3) is 0 Å². The van der Waals surface area contributed by atoms with Gasteiger partial charge in [0.05, 0.1) is 5.69 Å². The molecule has 0 fully saturated rings. The molecular weight excluding hydrogens is 356 g/mol. The van der Waals surface area contributed by atoms with E-state index in [1.165, 1.54) is 0 Å². The highest BCUT2D eigenvalue weighted by Crippen LogP contribution is 2.29. The maximum atomic E-state index is 6.16. The van der Waals surface area contributed by atoms with Crippen LogP contribution in [0.2, 0.25) is 0 Å². The lowest BCUT2D eigenvalue weighted by Crippen LogP contribution is -1.95. The highest BCUT2D eigenvalue weighted by atomic mass is 35.5. The molecule has 0 saturated heterocycles. The molecule has 0 aliphatic heterocycles. The zero-order chi connectivity index (χ0) is 19.1. The Hall–Kier alpha value is -2.85. The standard InChI is InChI=1S/C22H23ClN4/c1-2-5-18(23)7-4-9-20-22(17-10-12-25-13-11-17)21(27-26-20)15-16-6-3-8-19(24)14-16/h2-3,5-8,10-14H,4,9,15,24H2,1H3,(H,26,27)/b5-2-,18-7+. The third-order valence-electron chi connectivity index (χ3n) is 4.26. The summed E-state index contributed by atoms with van der Waals surface area (Å²) < 4.78 is 0. The molecule has 1 aromatic carbocycles. The lowest BCUT2D eigenvalue weighted by atomic mass is 9.98. The van der Waals surface area contributed by atoms with Gasteiger partial charge in [0.15, 0.2) is 0 Å². The average Bonchev–Trinajstić information content (AvgIpc) is 3.05. The smallest absolute Gasteiger partial charge is 0.0706 e. The molecule has 5 heteroatoms. The van der Waals surface area contributed by atoms with Crippen LogP contribution in [0.3, 0.4) is 0 Å². The van der Waals surface area contributed by atoms with Crippen molar-refractivity contribution in [2.75, 3.05) is 5.73 Å². The molecule has 2 aromatic heterocycles. The number of nitrogen functional groups attached to an aromatic ring is 1. The molecule has 0 unspecified atom stereocenters. The highest BCUT2D eigenvalue weighted by molar-refractivity contribution is 6.31. The van der Waals surface area contributed by atoms with E-state index < -0.39 is 0 Å². The molecule has 4 nitrogen and oxygen atoms in total. The molecule has 3 N–H and O–H groups in total. The number of hydrogen-bond donors (Lipinski definition) is 2. The van der Waals surface area contributed by atoms with Crippen molar-refractivity contribution in [1.29, 1.82) is 0 Å². The second-order valence-electron chi connectivity index (χ2n) is 6.31. The Bertz CT molecular complexity index is 942. The maximum Gasteiger partial charge on any atom is 0.0706 e. The maximum absolute atomic E-state index is 6.16. The molecule has 3 rings (SSSR count). The topological polar surface area (TPSA) is 67.6 Å². The molecule has 0 atom stereocenters. The summed E-state index contributed by atoms with van der Waals surface area (Å²) in [4.78, 5) is 4.13. The molecule has 27 heavy (non-hydrogen) atoms. The molecule has 0 saturated carbocycles. The number of pyridine rings is 1. The van der Waals surface area contributed by atoms with Gasteiger partial charge in [0, 0.05) is 40.8 Å². The number of anilines is 1. The average molecular weight is 379 g/mol. The van der Waals surface area contributed by atoms with Crippen molar-refractivity contribution in [3.05, 3.63) is 89.0 Å². The number of nitrogens with zero attached hydrogens (tertiary/aromatic N) is 2. The van der Waals surface area contributed by atoms with E-state index in [9.17, 15) is 0 Å². The number of H-pyrrole nitrogens is 1. The number of allylic oxidation sites excluding steroid dienone is 4. The van der Waals surface area contributed by atoms with Crippen LogP contribution in [0.25, 0.3) is 11.1 Å². The number of nitrogens with two attached hydrogens (primary N) is 1. The van der Waals surface area contributed by atoms with Crippen LogP contribution in [-0.4, -0.2) is 15.2 Å². The Morgan fingerprint density at radius 1 is 1.22 bits per heavy atom. The van der Waals surface area contributed by atoms with Crippen molar-refractivity contribution < 1.29 is 0 Å². The summed E-state index contributed by atoms with van der Waals surface area (Å²) >= 11 is 6.16. The zero-order valence-corrected chi connectivity index (χ0v) is 16.1. The van der Waals surface area contributed by atoms with Crippen LogP contribution < -0.4 is 5.73 Å². The number of aromatic amines is 1. The second kappa shape index (κ2) is 9.19. The monoisotopic (exact) mass is 378 g/mol. The Morgan fingerprint density at radius 3 is 2.78 bits per heavy atom. The summed E-state index contributed by atoms with van der Waals surface area (Å²) in [5, 5.41) is 8.56. The van der Waals surface area contributed by atoms with Gasteiger partial charge >= 0.3 is 0 Å². The van der Waals surface area contributed by atoms with E-state index in [1.54, 1.807) is 12.4 Å². The molecule has 0 bridgehead atoms. The van der Waals surface area contributed by atoms with E-state index in [2.05, 4.69) is 21.2 Å². The zero-order valence-electron chi connectivity index (χ0n) is 15.3. The van der Waals surface area contributed by atoms with Gasteiger partial charge in [-0.25, -0.2) is 0 Å². The van der Waals surface area contributed by atoms with Gasteiger partial charge in [-0.15, -0.1) is 0 Å². The van der Waals surface area contributed by atoms with Crippen molar-refractivity contribution in [2.45, 2.75) is 26.2 Å². The summed E-state index contributed by atoms with van der Waals surface area (Å²) in [5.41, 5.74) is 12.2. The van der Waals surface area contributed by atoms with Gasteiger partial charge in [-0.05, 0) is 61.2 Å². The fourth-order valence-corrected chi connectivity index (χ4v) is 3.31. The Kier molecular flexibility index (Phi) is 6.44. The molecule has 0 aliphatic rings. The number of aryl methyl sites for hydroxylation is 1. The van der Waals surface area contributed by atoms with Crippen molar-refractivity contribution >= 4 is 17.3 Å². The van der Waals surface area contributed by atoms with Crippen LogP contribution in [0.1, 0.15) is 30.3 Å². The highest BCUT2D eigenvalue weighted by Gasteiger charge is 2.15. The van der Waals surface area contributed by atoms with Crippen LogP contribution >= 0.6 is 11.6 Å². The summed E-state index contributed by atoms with van der Waals surface area (Å²) in [7, 11) is 0. The predicted molar refractivity (Wildman–Crippen MR) is 113 cm³/mol. The normalized spacial score (nSPS) is 12.0. The van der Waals surface area contributed by atoms with Crippen molar-refractivity contribution in [1.82, 2.24) is 15.2 Å². The summed E-state index contributed by atoms with van der Waals surface area (Å²) in [6, 6.07) is 12.0. The molecule has 2 heterocycles. The first-order valence-electron chi connectivity index (χ1n) is 8.96. The molecule has 138 valence electrons. The number of hydrogen-bond acceptors (Lipinski definition) is 3. The Balaban J connectivity index is 1.90. The van der Waals surface area contributed by atoms with E-state index in [-0.39, 0.29) is 0 Å². The Morgan fingerprint density at radius 2 is 2.04 bits per heavy atom. The van der Waals surface area contributed by atoms with Gasteiger partial charge in [0.1, 0.15) is 0 Å². The SMILES string of the molecule is C/C=C\C(Cl)=C/CCc1n[nH]c(Cc2cccc(N)c2)c1-c1ccncc1. The minimum absolute atomic E-state index is 0.741. The van der Waals surface area contributed by atoms with E-state index in [1.807, 2.05) is 55.5 Å². The van der Waals surface area contributed by atoms with Crippen LogP contribution in [0.5, 0.6) is 0 Å². The molecule has 0 radical (unpaired) electrons. The predicted octanol–water partition coefficient (Wildman–Crippen LogP) is 5.28. The molecule has 0 spiro atoms. The lowest BCUT2D eigenvalue weighted by molar-refractivity contribution is 0.905. The lowest BCUT2D eigenvalue weighted by Gasteiger charge is -2.07. The number of aromatic nitrogens is 3.